The number of primary amides is 2. The quantitative estimate of drug-likeness (QED) is 0.0860. The van der Waals surface area contributed by atoms with Gasteiger partial charge >= 0.3 is 0 Å². The van der Waals surface area contributed by atoms with Crippen molar-refractivity contribution in [3.05, 3.63) is 84.9 Å². The van der Waals surface area contributed by atoms with E-state index in [2.05, 4.69) is 22.4 Å². The first-order chi connectivity index (χ1) is 23.8. The van der Waals surface area contributed by atoms with Crippen molar-refractivity contribution in [2.75, 3.05) is 54.3 Å². The van der Waals surface area contributed by atoms with Crippen LogP contribution in [-0.4, -0.2) is 83.7 Å². The Labute approximate surface area is 297 Å². The summed E-state index contributed by atoms with van der Waals surface area (Å²) in [5.41, 5.74) is 11.0. The van der Waals surface area contributed by atoms with Crippen molar-refractivity contribution in [2.24, 2.45) is 16.5 Å². The zero-order valence-electron chi connectivity index (χ0n) is 26.6. The highest BCUT2D eigenvalue weighted by molar-refractivity contribution is 7.93. The van der Waals surface area contributed by atoms with Gasteiger partial charge < -0.3 is 20.9 Å². The van der Waals surface area contributed by atoms with E-state index in [9.17, 15) is 30.6 Å². The lowest BCUT2D eigenvalue weighted by molar-refractivity contribution is -0.117. The minimum absolute atomic E-state index is 0.00629. The number of aliphatic imine (C=N–C) groups is 1. The van der Waals surface area contributed by atoms with Crippen molar-refractivity contribution in [1.82, 2.24) is 0 Å². The predicted molar refractivity (Wildman–Crippen MR) is 193 cm³/mol. The Kier molecular flexibility index (Phi) is 12.8. The fraction of sp³-hybridized carbons (Fsp3) is 0.219. The van der Waals surface area contributed by atoms with Crippen molar-refractivity contribution in [3.63, 3.8) is 0 Å². The molecular formula is C32H33N5O9S4. The molecule has 1 unspecified atom stereocenters. The van der Waals surface area contributed by atoms with E-state index in [1.165, 1.54) is 73.8 Å². The second-order valence-corrected chi connectivity index (χ2v) is 15.9. The molecule has 18 heteroatoms. The molecule has 4 N–H and O–H groups in total. The highest BCUT2D eigenvalue weighted by atomic mass is 32.2. The highest BCUT2D eigenvalue weighted by Crippen LogP contribution is 2.38. The Hall–Kier alpha value is -4.71. The van der Waals surface area contributed by atoms with Crippen molar-refractivity contribution < 1.29 is 40.1 Å². The number of carbonyl (C=O) groups excluding carboxylic acids is 2. The smallest absolute Gasteiger partial charge is 0.264 e. The molecule has 50 heavy (non-hydrogen) atoms. The lowest BCUT2D eigenvalue weighted by Crippen LogP contribution is -2.39. The summed E-state index contributed by atoms with van der Waals surface area (Å²) in [7, 11) is -8.94. The molecule has 0 aliphatic heterocycles. The van der Waals surface area contributed by atoms with Crippen LogP contribution in [0.15, 0.2) is 105 Å². The van der Waals surface area contributed by atoms with Gasteiger partial charge in [-0.2, -0.15) is 0 Å². The third-order valence-corrected chi connectivity index (χ3v) is 12.2. The molecule has 4 aromatic rings. The Morgan fingerprint density at radius 1 is 0.780 bits per heavy atom. The second kappa shape index (κ2) is 16.8. The van der Waals surface area contributed by atoms with Gasteiger partial charge in [0.1, 0.15) is 18.8 Å². The van der Waals surface area contributed by atoms with Crippen LogP contribution in [0, 0.1) is 0 Å². The predicted octanol–water partition coefficient (Wildman–Crippen LogP) is 2.44. The summed E-state index contributed by atoms with van der Waals surface area (Å²) in [6.07, 6.45) is 0. The number of carbonyl (C=O) groups is 2. The molecule has 14 nitrogen and oxygen atoms in total. The van der Waals surface area contributed by atoms with Crippen molar-refractivity contribution in [2.45, 2.75) is 14.7 Å². The van der Waals surface area contributed by atoms with Gasteiger partial charge in [-0.15, -0.1) is 0 Å². The molecule has 0 aromatic heterocycles. The number of anilines is 2. The molecule has 4 aromatic carbocycles. The number of hydrogen-bond acceptors (Lipinski definition) is 11. The van der Waals surface area contributed by atoms with Crippen LogP contribution in [-0.2, 0) is 45.2 Å². The van der Waals surface area contributed by atoms with Crippen molar-refractivity contribution >= 4 is 82.2 Å². The lowest BCUT2D eigenvalue weighted by Gasteiger charge is -2.28. The SMILES string of the molecule is COc1ccc(S(=O)(=O)N(CC(N)=O)c2ccc(N(CC(N)=O)S(=O)(=O)c3ccc(S(=O)CCOCCN=C=S)cc3)c3ccccc23)cc1. The third-order valence-electron chi connectivity index (χ3n) is 7.16. The van der Waals surface area contributed by atoms with Gasteiger partial charge in [0, 0.05) is 15.7 Å². The molecule has 264 valence electrons. The monoisotopic (exact) mass is 759 g/mol. The fourth-order valence-corrected chi connectivity index (χ4v) is 8.80. The maximum atomic E-state index is 14.1. The summed E-state index contributed by atoms with van der Waals surface area (Å²) in [4.78, 5) is 28.1. The molecule has 1 atom stereocenters. The molecule has 0 saturated carbocycles. The maximum absolute atomic E-state index is 14.1. The number of ether oxygens (including phenoxy) is 2. The number of rotatable bonds is 18. The van der Waals surface area contributed by atoms with E-state index in [4.69, 9.17) is 20.9 Å². The van der Waals surface area contributed by atoms with Crippen molar-refractivity contribution in [1.29, 1.82) is 0 Å². The summed E-state index contributed by atoms with van der Waals surface area (Å²) < 4.78 is 80.8. The molecule has 0 spiro atoms. The Bertz CT molecular complexity index is 2160. The van der Waals surface area contributed by atoms with Gasteiger partial charge in [0.15, 0.2) is 0 Å². The largest absolute Gasteiger partial charge is 0.497 e. The Morgan fingerprint density at radius 3 is 1.70 bits per heavy atom. The first-order valence-corrected chi connectivity index (χ1v) is 19.3. The number of nitrogens with two attached hydrogens (primary N) is 2. The van der Waals surface area contributed by atoms with Gasteiger partial charge in [-0.1, -0.05) is 24.3 Å². The Morgan fingerprint density at radius 2 is 1.26 bits per heavy atom. The number of hydrogen-bond donors (Lipinski definition) is 2. The van der Waals surface area contributed by atoms with E-state index in [0.29, 0.717) is 17.2 Å². The summed E-state index contributed by atoms with van der Waals surface area (Å²) in [5.74, 6) is -1.34. The van der Waals surface area contributed by atoms with Crippen LogP contribution < -0.4 is 24.8 Å². The molecule has 4 rings (SSSR count). The topological polar surface area (TPSA) is 209 Å². The van der Waals surface area contributed by atoms with Crippen LogP contribution in [0.5, 0.6) is 5.75 Å². The minimum Gasteiger partial charge on any atom is -0.497 e. The number of sulfonamides is 2. The lowest BCUT2D eigenvalue weighted by atomic mass is 10.1. The third kappa shape index (κ3) is 8.90. The van der Waals surface area contributed by atoms with E-state index in [1.54, 1.807) is 18.2 Å². The molecule has 0 bridgehead atoms. The van der Waals surface area contributed by atoms with E-state index < -0.39 is 55.8 Å². The van der Waals surface area contributed by atoms with Crippen molar-refractivity contribution in [3.8, 4) is 5.75 Å². The van der Waals surface area contributed by atoms with Gasteiger partial charge in [-0.25, -0.2) is 21.8 Å². The van der Waals surface area contributed by atoms with E-state index in [0.717, 1.165) is 8.61 Å². The average molecular weight is 760 g/mol. The standard InChI is InChI=1S/C32H33N5O9S4/c1-45-23-6-10-25(11-7-23)49(41,42)36(20-31(33)38)29-14-15-30(28-5-3-2-4-27(28)29)37(21-32(34)39)50(43,44)26-12-8-24(9-13-26)48(40)19-18-46-17-16-35-22-47/h2-15H,16-21H2,1H3,(H2,33,38)(H2,34,39). The molecule has 0 radical (unpaired) electrons. The zero-order chi connectivity index (χ0) is 36.5. The van der Waals surface area contributed by atoms with Crippen LogP contribution in [0.1, 0.15) is 0 Å². The second-order valence-electron chi connectivity index (χ2n) is 10.4. The fourth-order valence-electron chi connectivity index (χ4n) is 4.86. The number of methoxy groups -OCH3 is 1. The first kappa shape index (κ1) is 38.1. The number of thiocarbonyl (C=S) groups is 1. The van der Waals surface area contributed by atoms with Crippen LogP contribution in [0.3, 0.4) is 0 Å². The normalized spacial score (nSPS) is 12.1. The van der Waals surface area contributed by atoms with E-state index >= 15 is 0 Å². The zero-order valence-corrected chi connectivity index (χ0v) is 29.9. The summed E-state index contributed by atoms with van der Waals surface area (Å²) >= 11 is 4.49. The molecule has 0 aliphatic rings. The summed E-state index contributed by atoms with van der Waals surface area (Å²) in [6.45, 7) is -0.711. The molecule has 0 aliphatic carbocycles. The van der Waals surface area contributed by atoms with Crippen LogP contribution >= 0.6 is 12.2 Å². The van der Waals surface area contributed by atoms with Crippen LogP contribution in [0.4, 0.5) is 11.4 Å². The highest BCUT2D eigenvalue weighted by Gasteiger charge is 2.32. The van der Waals surface area contributed by atoms with Gasteiger partial charge in [0.25, 0.3) is 20.0 Å². The number of nitrogens with zero attached hydrogens (tertiary/aromatic N) is 3. The number of benzene rings is 4. The van der Waals surface area contributed by atoms with Gasteiger partial charge in [0.05, 0.1) is 69.7 Å². The average Bonchev–Trinajstić information content (AvgIpc) is 3.10. The van der Waals surface area contributed by atoms with Gasteiger partial charge in [0.2, 0.25) is 11.8 Å². The Balaban J connectivity index is 1.74. The number of amides is 2. The van der Waals surface area contributed by atoms with E-state index in [-0.39, 0.29) is 50.9 Å². The first-order valence-electron chi connectivity index (χ1n) is 14.7. The minimum atomic E-state index is -4.48. The summed E-state index contributed by atoms with van der Waals surface area (Å²) in [5, 5.41) is 2.68. The maximum Gasteiger partial charge on any atom is 0.264 e. The van der Waals surface area contributed by atoms with Crippen LogP contribution in [0.2, 0.25) is 0 Å². The number of fused-ring (bicyclic) bond motifs is 1. The van der Waals surface area contributed by atoms with Gasteiger partial charge in [-0.05, 0) is 72.9 Å². The molecule has 0 fully saturated rings. The molecular weight excluding hydrogens is 727 g/mol. The molecule has 0 saturated heterocycles. The van der Waals surface area contributed by atoms with Crippen LogP contribution in [0.25, 0.3) is 10.8 Å². The number of isothiocyanates is 1. The molecule has 0 heterocycles. The molecule has 2 amide bonds. The van der Waals surface area contributed by atoms with E-state index in [1.807, 2.05) is 0 Å². The van der Waals surface area contributed by atoms with Gasteiger partial charge in [-0.3, -0.25) is 22.4 Å². The summed E-state index contributed by atoms with van der Waals surface area (Å²) in [6, 6.07) is 19.8.